The van der Waals surface area contributed by atoms with E-state index in [9.17, 15) is 19.5 Å². The summed E-state index contributed by atoms with van der Waals surface area (Å²) in [6.07, 6.45) is 54.1. The van der Waals surface area contributed by atoms with Crippen molar-refractivity contribution in [1.82, 2.24) is 0 Å². The number of carbonyl (C=O) groups is 3. The molecule has 0 rings (SSSR count). The summed E-state index contributed by atoms with van der Waals surface area (Å²) in [5.41, 5.74) is 0. The number of nitrogens with zero attached hydrogens (tertiary/aromatic N) is 1. The van der Waals surface area contributed by atoms with Gasteiger partial charge in [0.15, 0.2) is 12.4 Å². The fourth-order valence-corrected chi connectivity index (χ4v) is 5.49. The van der Waals surface area contributed by atoms with Crippen LogP contribution in [0.15, 0.2) is 109 Å². The van der Waals surface area contributed by atoms with Gasteiger partial charge in [-0.25, -0.2) is 0 Å². The van der Waals surface area contributed by atoms with Gasteiger partial charge in [-0.1, -0.05) is 142 Å². The molecule has 0 spiro atoms. The molecule has 0 aromatic carbocycles. The highest BCUT2D eigenvalue weighted by molar-refractivity contribution is 5.70. The first-order valence-corrected chi connectivity index (χ1v) is 23.0. The van der Waals surface area contributed by atoms with E-state index >= 15 is 0 Å². The Hall–Kier alpha value is -4.05. The third kappa shape index (κ3) is 43.8. The van der Waals surface area contributed by atoms with E-state index in [-0.39, 0.29) is 32.7 Å². The monoisotopic (exact) mass is 850 g/mol. The lowest BCUT2D eigenvalue weighted by Crippen LogP contribution is -2.44. The van der Waals surface area contributed by atoms with E-state index in [0.717, 1.165) is 103 Å². The number of carbonyl (C=O) groups excluding carboxylic acids is 3. The Morgan fingerprint density at radius 2 is 0.885 bits per heavy atom. The number of esters is 2. The van der Waals surface area contributed by atoms with Crippen molar-refractivity contribution >= 4 is 17.9 Å². The Balaban J connectivity index is 4.54. The van der Waals surface area contributed by atoms with Crippen LogP contribution >= 0.6 is 0 Å². The lowest BCUT2D eigenvalue weighted by atomic mass is 10.1. The lowest BCUT2D eigenvalue weighted by molar-refractivity contribution is -0.870. The molecule has 0 aromatic heterocycles. The summed E-state index contributed by atoms with van der Waals surface area (Å²) < 4.78 is 22.5. The van der Waals surface area contributed by atoms with Crippen molar-refractivity contribution in [3.63, 3.8) is 0 Å². The quantitative estimate of drug-likeness (QED) is 0.0197. The predicted octanol–water partition coefficient (Wildman–Crippen LogP) is 11.1. The minimum atomic E-state index is -1.64. The van der Waals surface area contributed by atoms with Gasteiger partial charge in [-0.15, -0.1) is 0 Å². The second kappa shape index (κ2) is 42.6. The average molecular weight is 850 g/mol. The second-order valence-corrected chi connectivity index (χ2v) is 15.9. The summed E-state index contributed by atoms with van der Waals surface area (Å²) >= 11 is 0. The van der Waals surface area contributed by atoms with E-state index in [1.807, 2.05) is 21.1 Å². The topological polar surface area (TPSA) is 111 Å². The summed E-state index contributed by atoms with van der Waals surface area (Å²) in [7, 11) is 5.88. The number of carboxylic acid groups (broad SMARTS) is 1. The SMILES string of the molecule is CC/C=C\C/C=C\C/C=C\C/C=C\C/C=C\CCCCCCCC(=O)OC(COC(=O)CCCC/C=C\C/C=C\C/C=C\C/C=C\CC)COC(OCC[N+](C)(C)C)C(=O)[O-]. The first-order valence-electron chi connectivity index (χ1n) is 23.0. The Bertz CT molecular complexity index is 1360. The number of carboxylic acids is 1. The van der Waals surface area contributed by atoms with Gasteiger partial charge in [-0.2, -0.15) is 0 Å². The molecule has 0 saturated carbocycles. The van der Waals surface area contributed by atoms with Crippen LogP contribution in [0.4, 0.5) is 0 Å². The highest BCUT2D eigenvalue weighted by Crippen LogP contribution is 2.11. The van der Waals surface area contributed by atoms with Gasteiger partial charge in [0, 0.05) is 12.8 Å². The van der Waals surface area contributed by atoms with Gasteiger partial charge < -0.3 is 33.3 Å². The van der Waals surface area contributed by atoms with Crippen molar-refractivity contribution < 1.29 is 42.9 Å². The number of hydrogen-bond donors (Lipinski definition) is 0. The van der Waals surface area contributed by atoms with Crippen LogP contribution in [0, 0.1) is 0 Å². The van der Waals surface area contributed by atoms with Crippen LogP contribution in [0.1, 0.15) is 142 Å². The summed E-state index contributed by atoms with van der Waals surface area (Å²) in [5, 5.41) is 11.7. The number of likely N-dealkylation sites (N-methyl/N-ethyl adjacent to an activating group) is 1. The van der Waals surface area contributed by atoms with E-state index in [1.165, 1.54) is 0 Å². The Labute approximate surface area is 371 Å². The molecular weight excluding hydrogens is 767 g/mol. The van der Waals surface area contributed by atoms with Crippen LogP contribution in [0.5, 0.6) is 0 Å². The lowest BCUT2D eigenvalue weighted by Gasteiger charge is -2.26. The normalized spacial score (nSPS) is 13.9. The van der Waals surface area contributed by atoms with Gasteiger partial charge in [0.2, 0.25) is 0 Å². The van der Waals surface area contributed by atoms with Gasteiger partial charge in [0.05, 0.1) is 40.3 Å². The highest BCUT2D eigenvalue weighted by Gasteiger charge is 2.21. The van der Waals surface area contributed by atoms with Crippen LogP contribution < -0.4 is 5.11 Å². The van der Waals surface area contributed by atoms with E-state index in [1.54, 1.807) is 0 Å². The maximum Gasteiger partial charge on any atom is 0.306 e. The van der Waals surface area contributed by atoms with E-state index in [2.05, 4.69) is 123 Å². The molecular formula is C52H83NO8. The zero-order valence-electron chi connectivity index (χ0n) is 38.7. The standard InChI is InChI=1S/C52H83NO8/c1-6-8-10-12-14-16-18-20-22-23-24-25-26-27-29-31-33-35-37-39-41-43-50(55)61-48(47-60-52(51(56)57)58-45-44-53(3,4)5)46-59-49(54)42-40-38-36-34-32-30-28-21-19-17-15-13-11-9-7-2/h8-11,14-17,20-22,24-25,27-29,32,34,48,52H,6-7,12-13,18-19,23,26,30-31,33,35-47H2,1-5H3/b10-8-,11-9-,16-14-,17-15-,22-20-,25-24-,28-21-,29-27-,34-32-. The summed E-state index contributed by atoms with van der Waals surface area (Å²) in [4.78, 5) is 37.0. The molecule has 0 saturated heterocycles. The van der Waals surface area contributed by atoms with E-state index < -0.39 is 30.3 Å². The number of hydrogen-bond acceptors (Lipinski definition) is 8. The molecule has 2 atom stereocenters. The molecule has 0 aromatic rings. The van der Waals surface area contributed by atoms with Crippen LogP contribution in [-0.4, -0.2) is 82.3 Å². The first-order chi connectivity index (χ1) is 29.6. The van der Waals surface area contributed by atoms with Crippen molar-refractivity contribution in [2.24, 2.45) is 0 Å². The van der Waals surface area contributed by atoms with Crippen molar-refractivity contribution in [2.75, 3.05) is 47.5 Å². The Morgan fingerprint density at radius 3 is 1.34 bits per heavy atom. The molecule has 9 nitrogen and oxygen atoms in total. The third-order valence-electron chi connectivity index (χ3n) is 9.02. The number of ether oxygens (including phenoxy) is 4. The number of unbranched alkanes of at least 4 members (excludes halogenated alkanes) is 7. The molecule has 9 heteroatoms. The molecule has 0 aliphatic heterocycles. The van der Waals surface area contributed by atoms with Crippen LogP contribution in [0.3, 0.4) is 0 Å². The van der Waals surface area contributed by atoms with Crippen LogP contribution in [-0.2, 0) is 33.3 Å². The average Bonchev–Trinajstić information content (AvgIpc) is 3.22. The van der Waals surface area contributed by atoms with Crippen molar-refractivity contribution in [3.05, 3.63) is 109 Å². The van der Waals surface area contributed by atoms with E-state index in [0.29, 0.717) is 23.9 Å². The molecule has 61 heavy (non-hydrogen) atoms. The maximum absolute atomic E-state index is 12.8. The molecule has 0 aliphatic carbocycles. The van der Waals surface area contributed by atoms with Crippen LogP contribution in [0.2, 0.25) is 0 Å². The Kier molecular flexibility index (Phi) is 39.8. The molecule has 344 valence electrons. The van der Waals surface area contributed by atoms with Gasteiger partial charge in [0.1, 0.15) is 13.2 Å². The van der Waals surface area contributed by atoms with Gasteiger partial charge in [-0.05, 0) is 96.3 Å². The zero-order chi connectivity index (χ0) is 44.9. The van der Waals surface area contributed by atoms with Gasteiger partial charge >= 0.3 is 11.9 Å². The highest BCUT2D eigenvalue weighted by atomic mass is 16.7. The number of quaternary nitrogens is 1. The minimum Gasteiger partial charge on any atom is -0.545 e. The molecule has 0 aliphatic rings. The zero-order valence-corrected chi connectivity index (χ0v) is 38.7. The maximum atomic E-state index is 12.8. The summed E-state index contributed by atoms with van der Waals surface area (Å²) in [6.45, 7) is 4.40. The van der Waals surface area contributed by atoms with Crippen molar-refractivity contribution in [1.29, 1.82) is 0 Å². The molecule has 0 fully saturated rings. The molecule has 0 N–H and O–H groups in total. The van der Waals surface area contributed by atoms with Crippen LogP contribution in [0.25, 0.3) is 0 Å². The first kappa shape index (κ1) is 57.0. The largest absolute Gasteiger partial charge is 0.545 e. The molecule has 0 radical (unpaired) electrons. The summed E-state index contributed by atoms with van der Waals surface area (Å²) in [6, 6.07) is 0. The number of allylic oxidation sites excluding steroid dienone is 18. The molecule has 0 heterocycles. The molecule has 0 amide bonds. The fourth-order valence-electron chi connectivity index (χ4n) is 5.49. The third-order valence-corrected chi connectivity index (χ3v) is 9.02. The smallest absolute Gasteiger partial charge is 0.306 e. The summed E-state index contributed by atoms with van der Waals surface area (Å²) in [5.74, 6) is -2.39. The van der Waals surface area contributed by atoms with E-state index in [4.69, 9.17) is 18.9 Å². The van der Waals surface area contributed by atoms with Gasteiger partial charge in [0.25, 0.3) is 0 Å². The van der Waals surface area contributed by atoms with Crippen molar-refractivity contribution in [3.8, 4) is 0 Å². The second-order valence-electron chi connectivity index (χ2n) is 15.9. The molecule has 2 unspecified atom stereocenters. The van der Waals surface area contributed by atoms with Gasteiger partial charge in [-0.3, -0.25) is 9.59 Å². The van der Waals surface area contributed by atoms with Crippen molar-refractivity contribution in [2.45, 2.75) is 155 Å². The number of aliphatic carboxylic acids is 1. The number of rotatable bonds is 40. The predicted molar refractivity (Wildman–Crippen MR) is 250 cm³/mol. The fraction of sp³-hybridized carbons (Fsp3) is 0.596. The molecule has 0 bridgehead atoms. The minimum absolute atomic E-state index is 0.130. The Morgan fingerprint density at radius 1 is 0.492 bits per heavy atom.